The first-order valence-electron chi connectivity index (χ1n) is 6.62. The molecular weight excluding hydrogens is 246 g/mol. The third-order valence-corrected chi connectivity index (χ3v) is 4.91. The van der Waals surface area contributed by atoms with E-state index in [1.165, 1.54) is 32.1 Å². The summed E-state index contributed by atoms with van der Waals surface area (Å²) in [5.74, 6) is -0.0164. The van der Waals surface area contributed by atoms with E-state index in [-0.39, 0.29) is 5.91 Å². The molecule has 1 saturated carbocycles. The fraction of sp³-hybridized carbons (Fsp3) is 0.846. The smallest absolute Gasteiger partial charge is 0.233 e. The van der Waals surface area contributed by atoms with Crippen LogP contribution in [0.15, 0.2) is 0 Å². The van der Waals surface area contributed by atoms with Gasteiger partial charge >= 0.3 is 0 Å². The highest BCUT2D eigenvalue weighted by Crippen LogP contribution is 2.37. The molecule has 0 aromatic carbocycles. The van der Waals surface area contributed by atoms with E-state index in [1.54, 1.807) is 0 Å². The summed E-state index contributed by atoms with van der Waals surface area (Å²) >= 11 is 1.93. The lowest BCUT2D eigenvalue weighted by molar-refractivity contribution is -0.120. The molecule has 1 rings (SSSR count). The zero-order valence-electron chi connectivity index (χ0n) is 11.1. The molecule has 18 heavy (non-hydrogen) atoms. The van der Waals surface area contributed by atoms with Gasteiger partial charge in [0.15, 0.2) is 0 Å². The van der Waals surface area contributed by atoms with Crippen molar-refractivity contribution in [1.29, 1.82) is 5.26 Å². The fourth-order valence-corrected chi connectivity index (χ4v) is 3.32. The predicted octanol–water partition coefficient (Wildman–Crippen LogP) is 1.67. The molecule has 0 spiro atoms. The van der Waals surface area contributed by atoms with Crippen molar-refractivity contribution in [1.82, 2.24) is 10.6 Å². The monoisotopic (exact) mass is 269 g/mol. The van der Waals surface area contributed by atoms with Gasteiger partial charge in [0.25, 0.3) is 0 Å². The molecule has 102 valence electrons. The summed E-state index contributed by atoms with van der Waals surface area (Å²) in [5, 5.41) is 14.4. The van der Waals surface area contributed by atoms with E-state index >= 15 is 0 Å². The second-order valence-electron chi connectivity index (χ2n) is 4.81. The number of hydrogen-bond donors (Lipinski definition) is 2. The first-order valence-corrected chi connectivity index (χ1v) is 7.84. The number of amides is 1. The Labute approximate surface area is 114 Å². The highest BCUT2D eigenvalue weighted by atomic mass is 32.2. The Bertz CT molecular complexity index is 295. The van der Waals surface area contributed by atoms with E-state index in [9.17, 15) is 4.79 Å². The van der Waals surface area contributed by atoms with Gasteiger partial charge in [-0.1, -0.05) is 19.3 Å². The van der Waals surface area contributed by atoms with Crippen molar-refractivity contribution < 1.29 is 4.79 Å². The molecule has 0 heterocycles. The molecule has 0 aromatic heterocycles. The lowest BCUT2D eigenvalue weighted by Crippen LogP contribution is -2.43. The minimum atomic E-state index is -0.0164. The average molecular weight is 269 g/mol. The number of nitriles is 1. The molecule has 0 atom stereocenters. The van der Waals surface area contributed by atoms with E-state index in [0.717, 1.165) is 6.54 Å². The Hall–Kier alpha value is -0.730. The maximum Gasteiger partial charge on any atom is 0.233 e. The van der Waals surface area contributed by atoms with E-state index in [1.807, 2.05) is 17.8 Å². The van der Waals surface area contributed by atoms with Crippen LogP contribution in [0.1, 0.15) is 38.5 Å². The minimum Gasteiger partial charge on any atom is -0.354 e. The second kappa shape index (κ2) is 8.39. The van der Waals surface area contributed by atoms with Crippen LogP contribution >= 0.6 is 11.8 Å². The highest BCUT2D eigenvalue weighted by Gasteiger charge is 2.30. The molecule has 0 unspecified atom stereocenters. The van der Waals surface area contributed by atoms with Gasteiger partial charge in [0, 0.05) is 17.8 Å². The lowest BCUT2D eigenvalue weighted by Gasteiger charge is -2.36. The number of hydrogen-bond acceptors (Lipinski definition) is 4. The molecule has 0 aliphatic heterocycles. The largest absolute Gasteiger partial charge is 0.354 e. The number of rotatable bonds is 7. The SMILES string of the molecule is CSC1(CNCC(=O)NCCC#N)CCCCC1. The van der Waals surface area contributed by atoms with Crippen LogP contribution in [0, 0.1) is 11.3 Å². The van der Waals surface area contributed by atoms with E-state index in [2.05, 4.69) is 16.9 Å². The van der Waals surface area contributed by atoms with Crippen LogP contribution < -0.4 is 10.6 Å². The zero-order valence-corrected chi connectivity index (χ0v) is 11.9. The van der Waals surface area contributed by atoms with Crippen molar-refractivity contribution >= 4 is 17.7 Å². The maximum atomic E-state index is 11.5. The van der Waals surface area contributed by atoms with Crippen molar-refractivity contribution in [3.05, 3.63) is 0 Å². The van der Waals surface area contributed by atoms with Gasteiger partial charge in [0.05, 0.1) is 19.0 Å². The van der Waals surface area contributed by atoms with Crippen molar-refractivity contribution in [2.45, 2.75) is 43.3 Å². The average Bonchev–Trinajstić information content (AvgIpc) is 2.40. The molecule has 2 N–H and O–H groups in total. The molecule has 4 nitrogen and oxygen atoms in total. The second-order valence-corrected chi connectivity index (χ2v) is 6.08. The number of carbonyl (C=O) groups is 1. The maximum absolute atomic E-state index is 11.5. The van der Waals surface area contributed by atoms with Crippen molar-refractivity contribution in [2.75, 3.05) is 25.9 Å². The van der Waals surface area contributed by atoms with Crippen LogP contribution in [0.4, 0.5) is 0 Å². The first-order chi connectivity index (χ1) is 8.72. The molecule has 0 aromatic rings. The van der Waals surface area contributed by atoms with Crippen molar-refractivity contribution in [2.24, 2.45) is 0 Å². The summed E-state index contributed by atoms with van der Waals surface area (Å²) < 4.78 is 0.325. The molecule has 1 amide bonds. The van der Waals surface area contributed by atoms with Crippen LogP contribution in [0.25, 0.3) is 0 Å². The molecule has 1 aliphatic carbocycles. The summed E-state index contributed by atoms with van der Waals surface area (Å²) in [6, 6.07) is 2.01. The summed E-state index contributed by atoms with van der Waals surface area (Å²) in [5.41, 5.74) is 0. The quantitative estimate of drug-likeness (QED) is 0.690. The minimum absolute atomic E-state index is 0.0164. The Balaban J connectivity index is 2.19. The normalized spacial score (nSPS) is 18.0. The van der Waals surface area contributed by atoms with Crippen molar-refractivity contribution in [3.63, 3.8) is 0 Å². The number of thioether (sulfide) groups is 1. The van der Waals surface area contributed by atoms with Crippen molar-refractivity contribution in [3.8, 4) is 6.07 Å². The highest BCUT2D eigenvalue weighted by molar-refractivity contribution is 8.00. The van der Waals surface area contributed by atoms with E-state index < -0.39 is 0 Å². The number of carbonyl (C=O) groups excluding carboxylic acids is 1. The van der Waals surface area contributed by atoms with E-state index in [0.29, 0.717) is 24.3 Å². The molecule has 1 aliphatic rings. The third-order valence-electron chi connectivity index (χ3n) is 3.49. The lowest BCUT2D eigenvalue weighted by atomic mass is 9.88. The third kappa shape index (κ3) is 5.28. The zero-order chi connectivity index (χ0) is 13.3. The van der Waals surface area contributed by atoms with Gasteiger partial charge in [-0.15, -0.1) is 0 Å². The summed E-state index contributed by atoms with van der Waals surface area (Å²) in [6.07, 6.45) is 8.99. The van der Waals surface area contributed by atoms with Gasteiger partial charge in [-0.3, -0.25) is 4.79 Å². The van der Waals surface area contributed by atoms with Crippen LogP contribution in [0.5, 0.6) is 0 Å². The van der Waals surface area contributed by atoms with Gasteiger partial charge in [-0.25, -0.2) is 0 Å². The fourth-order valence-electron chi connectivity index (χ4n) is 2.37. The first kappa shape index (κ1) is 15.3. The number of nitrogens with zero attached hydrogens (tertiary/aromatic N) is 1. The Morgan fingerprint density at radius 1 is 1.39 bits per heavy atom. The molecular formula is C13H23N3OS. The molecule has 0 bridgehead atoms. The van der Waals surface area contributed by atoms with Crippen LogP contribution in [0.2, 0.25) is 0 Å². The van der Waals surface area contributed by atoms with Gasteiger partial charge in [-0.05, 0) is 19.1 Å². The van der Waals surface area contributed by atoms with Crippen LogP contribution in [-0.4, -0.2) is 36.5 Å². The molecule has 5 heteroatoms. The Kier molecular flexibility index (Phi) is 7.14. The molecule has 1 fully saturated rings. The molecule has 0 radical (unpaired) electrons. The van der Waals surface area contributed by atoms with Gasteiger partial charge in [-0.2, -0.15) is 17.0 Å². The van der Waals surface area contributed by atoms with Gasteiger partial charge in [0.1, 0.15) is 0 Å². The standard InChI is InChI=1S/C13H23N3OS/c1-18-13(6-3-2-4-7-13)11-15-10-12(17)16-9-5-8-14/h15H,2-7,9-11H2,1H3,(H,16,17). The topological polar surface area (TPSA) is 64.9 Å². The summed E-state index contributed by atoms with van der Waals surface area (Å²) in [4.78, 5) is 11.5. The van der Waals surface area contributed by atoms with Crippen LogP contribution in [0.3, 0.4) is 0 Å². The van der Waals surface area contributed by atoms with E-state index in [4.69, 9.17) is 5.26 Å². The van der Waals surface area contributed by atoms with Gasteiger partial charge < -0.3 is 10.6 Å². The van der Waals surface area contributed by atoms with Gasteiger partial charge in [0.2, 0.25) is 5.91 Å². The predicted molar refractivity (Wildman–Crippen MR) is 75.4 cm³/mol. The summed E-state index contributed by atoms with van der Waals surface area (Å²) in [7, 11) is 0. The summed E-state index contributed by atoms with van der Waals surface area (Å²) in [6.45, 7) is 1.71. The van der Waals surface area contributed by atoms with Crippen LogP contribution in [-0.2, 0) is 4.79 Å². The Morgan fingerprint density at radius 2 is 2.11 bits per heavy atom. The Morgan fingerprint density at radius 3 is 2.72 bits per heavy atom. The number of nitrogens with one attached hydrogen (secondary N) is 2. The molecule has 0 saturated heterocycles.